The molecule has 1 aromatic carbocycles. The maximum absolute atomic E-state index is 11.7. The molecule has 4 heteroatoms. The Kier molecular flexibility index (Phi) is 4.96. The van der Waals surface area contributed by atoms with Crippen molar-refractivity contribution in [2.75, 3.05) is 13.1 Å². The lowest BCUT2D eigenvalue weighted by atomic mass is 10.1. The van der Waals surface area contributed by atoms with Crippen LogP contribution in [0.1, 0.15) is 19.3 Å². The van der Waals surface area contributed by atoms with E-state index in [1.165, 1.54) is 5.57 Å². The Morgan fingerprint density at radius 2 is 2.11 bits per heavy atom. The molecule has 96 valence electrons. The molecule has 3 nitrogen and oxygen atoms in total. The number of nitrogens with one attached hydrogen (secondary N) is 1. The van der Waals surface area contributed by atoms with E-state index in [4.69, 9.17) is 4.74 Å². The molecule has 0 spiro atoms. The van der Waals surface area contributed by atoms with Crippen molar-refractivity contribution in [2.24, 2.45) is 0 Å². The summed E-state index contributed by atoms with van der Waals surface area (Å²) in [6.45, 7) is 1.93. The van der Waals surface area contributed by atoms with Gasteiger partial charge in [0, 0.05) is 17.4 Å². The Hall–Kier alpha value is -1.13. The summed E-state index contributed by atoms with van der Waals surface area (Å²) in [4.78, 5) is 11.7. The highest BCUT2D eigenvalue weighted by Crippen LogP contribution is 2.17. The van der Waals surface area contributed by atoms with Crippen LogP contribution in [0.5, 0.6) is 5.75 Å². The predicted octanol–water partition coefficient (Wildman–Crippen LogP) is 3.05. The summed E-state index contributed by atoms with van der Waals surface area (Å²) >= 11 is 3.34. The van der Waals surface area contributed by atoms with Crippen LogP contribution in [-0.2, 0) is 4.79 Å². The second-order valence-corrected chi connectivity index (χ2v) is 5.17. The summed E-state index contributed by atoms with van der Waals surface area (Å²) in [5, 5.41) is 3.29. The van der Waals surface area contributed by atoms with Crippen LogP contribution in [0.25, 0.3) is 0 Å². The fourth-order valence-electron chi connectivity index (χ4n) is 1.84. The minimum absolute atomic E-state index is 0.177. The third kappa shape index (κ3) is 4.27. The Morgan fingerprint density at radius 1 is 1.33 bits per heavy atom. The van der Waals surface area contributed by atoms with Gasteiger partial charge in [0.25, 0.3) is 0 Å². The molecule has 1 heterocycles. The fourth-order valence-corrected chi connectivity index (χ4v) is 2.10. The lowest BCUT2D eigenvalue weighted by molar-refractivity contribution is -0.134. The van der Waals surface area contributed by atoms with Gasteiger partial charge in [0.2, 0.25) is 0 Å². The van der Waals surface area contributed by atoms with E-state index < -0.39 is 0 Å². The molecule has 1 aliphatic heterocycles. The second kappa shape index (κ2) is 6.71. The number of ether oxygens (including phenoxy) is 1. The number of benzene rings is 1. The van der Waals surface area contributed by atoms with Gasteiger partial charge in [0.15, 0.2) is 0 Å². The van der Waals surface area contributed by atoms with Gasteiger partial charge in [0.05, 0.1) is 0 Å². The molecule has 0 saturated carbocycles. The first-order chi connectivity index (χ1) is 8.74. The van der Waals surface area contributed by atoms with E-state index in [-0.39, 0.29) is 5.97 Å². The number of carbonyl (C=O) groups is 1. The van der Waals surface area contributed by atoms with E-state index in [2.05, 4.69) is 27.3 Å². The Bertz CT molecular complexity index is 440. The molecule has 0 aromatic heterocycles. The van der Waals surface area contributed by atoms with E-state index >= 15 is 0 Å². The van der Waals surface area contributed by atoms with E-state index in [1.807, 2.05) is 12.1 Å². The normalized spacial score (nSPS) is 15.1. The van der Waals surface area contributed by atoms with Crippen molar-refractivity contribution in [3.63, 3.8) is 0 Å². The van der Waals surface area contributed by atoms with E-state index in [9.17, 15) is 4.79 Å². The van der Waals surface area contributed by atoms with Crippen LogP contribution >= 0.6 is 15.9 Å². The first-order valence-electron chi connectivity index (χ1n) is 6.09. The van der Waals surface area contributed by atoms with Crippen molar-refractivity contribution in [3.8, 4) is 5.75 Å². The molecule has 0 atom stereocenters. The number of rotatable bonds is 4. The van der Waals surface area contributed by atoms with E-state index in [0.29, 0.717) is 12.2 Å². The van der Waals surface area contributed by atoms with Gasteiger partial charge in [-0.15, -0.1) is 0 Å². The zero-order chi connectivity index (χ0) is 12.8. The maximum Gasteiger partial charge on any atom is 0.311 e. The largest absolute Gasteiger partial charge is 0.427 e. The van der Waals surface area contributed by atoms with Gasteiger partial charge in [-0.05, 0) is 43.7 Å². The lowest BCUT2D eigenvalue weighted by Crippen LogP contribution is -2.22. The lowest BCUT2D eigenvalue weighted by Gasteiger charge is -2.13. The summed E-state index contributed by atoms with van der Waals surface area (Å²) in [6.07, 6.45) is 4.48. The highest BCUT2D eigenvalue weighted by Gasteiger charge is 2.08. The minimum Gasteiger partial charge on any atom is -0.427 e. The maximum atomic E-state index is 11.7. The van der Waals surface area contributed by atoms with Crippen LogP contribution in [0.3, 0.4) is 0 Å². The standard InChI is InChI=1S/C14H16BrNO2/c15-12-4-6-13(7-5-12)18-14(17)8-3-11-2-1-9-16-10-11/h2,4-7,16H,1,3,8-10H2. The highest BCUT2D eigenvalue weighted by molar-refractivity contribution is 9.10. The molecule has 1 N–H and O–H groups in total. The number of esters is 1. The molecule has 0 aliphatic carbocycles. The fraction of sp³-hybridized carbons (Fsp3) is 0.357. The first-order valence-corrected chi connectivity index (χ1v) is 6.88. The number of halogens is 1. The number of hydrogen-bond donors (Lipinski definition) is 1. The van der Waals surface area contributed by atoms with Crippen molar-refractivity contribution >= 4 is 21.9 Å². The van der Waals surface area contributed by atoms with Crippen molar-refractivity contribution in [2.45, 2.75) is 19.3 Å². The third-order valence-electron chi connectivity index (χ3n) is 2.80. The van der Waals surface area contributed by atoms with Crippen LogP contribution in [0.15, 0.2) is 40.4 Å². The molecule has 18 heavy (non-hydrogen) atoms. The van der Waals surface area contributed by atoms with Gasteiger partial charge in [-0.2, -0.15) is 0 Å². The smallest absolute Gasteiger partial charge is 0.311 e. The Labute approximate surface area is 115 Å². The average Bonchev–Trinajstić information content (AvgIpc) is 2.40. The monoisotopic (exact) mass is 309 g/mol. The number of hydrogen-bond acceptors (Lipinski definition) is 3. The van der Waals surface area contributed by atoms with Crippen LogP contribution in [0, 0.1) is 0 Å². The zero-order valence-corrected chi connectivity index (χ0v) is 11.7. The van der Waals surface area contributed by atoms with Crippen LogP contribution in [0.4, 0.5) is 0 Å². The molecule has 1 aliphatic rings. The minimum atomic E-state index is -0.177. The molecule has 0 fully saturated rings. The molecule has 0 bridgehead atoms. The second-order valence-electron chi connectivity index (χ2n) is 4.26. The van der Waals surface area contributed by atoms with Crippen molar-refractivity contribution < 1.29 is 9.53 Å². The molecular weight excluding hydrogens is 294 g/mol. The van der Waals surface area contributed by atoms with Gasteiger partial charge in [-0.25, -0.2) is 0 Å². The van der Waals surface area contributed by atoms with Gasteiger partial charge in [0.1, 0.15) is 5.75 Å². The van der Waals surface area contributed by atoms with Crippen LogP contribution < -0.4 is 10.1 Å². The van der Waals surface area contributed by atoms with Gasteiger partial charge in [-0.1, -0.05) is 27.6 Å². The third-order valence-corrected chi connectivity index (χ3v) is 3.33. The van der Waals surface area contributed by atoms with Crippen molar-refractivity contribution in [1.29, 1.82) is 0 Å². The van der Waals surface area contributed by atoms with Crippen LogP contribution in [-0.4, -0.2) is 19.1 Å². The average molecular weight is 310 g/mol. The van der Waals surface area contributed by atoms with Crippen molar-refractivity contribution in [1.82, 2.24) is 5.32 Å². The summed E-state index contributed by atoms with van der Waals surface area (Å²) in [6, 6.07) is 7.28. The quantitative estimate of drug-likeness (QED) is 0.528. The van der Waals surface area contributed by atoms with Gasteiger partial charge < -0.3 is 10.1 Å². The Morgan fingerprint density at radius 3 is 2.78 bits per heavy atom. The Balaban J connectivity index is 1.78. The first kappa shape index (κ1) is 13.3. The molecule has 2 rings (SSSR count). The topological polar surface area (TPSA) is 38.3 Å². The SMILES string of the molecule is O=C(CCC1=CCCNC1)Oc1ccc(Br)cc1. The molecule has 0 unspecified atom stereocenters. The highest BCUT2D eigenvalue weighted by atomic mass is 79.9. The van der Waals surface area contributed by atoms with E-state index in [0.717, 1.165) is 30.4 Å². The molecular formula is C14H16BrNO2. The van der Waals surface area contributed by atoms with Gasteiger partial charge >= 0.3 is 5.97 Å². The molecule has 0 radical (unpaired) electrons. The molecule has 1 aromatic rings. The van der Waals surface area contributed by atoms with Crippen molar-refractivity contribution in [3.05, 3.63) is 40.4 Å². The summed E-state index contributed by atoms with van der Waals surface area (Å²) in [7, 11) is 0. The molecule has 0 saturated heterocycles. The zero-order valence-electron chi connectivity index (χ0n) is 10.1. The summed E-state index contributed by atoms with van der Waals surface area (Å²) < 4.78 is 6.23. The van der Waals surface area contributed by atoms with Gasteiger partial charge in [-0.3, -0.25) is 4.79 Å². The number of carbonyl (C=O) groups excluding carboxylic acids is 1. The molecule has 0 amide bonds. The summed E-state index contributed by atoms with van der Waals surface area (Å²) in [5.41, 5.74) is 1.30. The summed E-state index contributed by atoms with van der Waals surface area (Å²) in [5.74, 6) is 0.419. The van der Waals surface area contributed by atoms with E-state index in [1.54, 1.807) is 12.1 Å². The predicted molar refractivity (Wildman–Crippen MR) is 74.6 cm³/mol. The van der Waals surface area contributed by atoms with Crippen LogP contribution in [0.2, 0.25) is 0 Å².